The molecule has 0 amide bonds. The van der Waals surface area contributed by atoms with Crippen LogP contribution in [0.15, 0.2) is 34.3 Å². The first-order valence-corrected chi connectivity index (χ1v) is 8.12. The lowest BCUT2D eigenvalue weighted by atomic mass is 10.2. The highest BCUT2D eigenvalue weighted by Crippen LogP contribution is 2.21. The number of guanidine groups is 1. The Morgan fingerprint density at radius 1 is 1.30 bits per heavy atom. The first-order chi connectivity index (χ1) is 10.6. The molecule has 5 nitrogen and oxygen atoms in total. The van der Waals surface area contributed by atoms with Crippen molar-refractivity contribution < 1.29 is 4.39 Å². The maximum absolute atomic E-state index is 13.4. The maximum atomic E-state index is 13.4. The minimum absolute atomic E-state index is 0. The summed E-state index contributed by atoms with van der Waals surface area (Å²) < 4.78 is 13.4. The number of hydrogen-bond donors (Lipinski definition) is 3. The van der Waals surface area contributed by atoms with Crippen LogP contribution in [0, 0.1) is 12.7 Å². The third-order valence-corrected chi connectivity index (χ3v) is 4.13. The number of thioether (sulfide) groups is 1. The molecular weight excluding hydrogens is 428 g/mol. The van der Waals surface area contributed by atoms with Gasteiger partial charge in [0.15, 0.2) is 5.96 Å². The van der Waals surface area contributed by atoms with Crippen molar-refractivity contribution in [3.8, 4) is 0 Å². The minimum atomic E-state index is -0.230. The van der Waals surface area contributed by atoms with Crippen LogP contribution in [0.1, 0.15) is 16.8 Å². The Balaban J connectivity index is 0.00000264. The fourth-order valence-corrected chi connectivity index (χ4v) is 2.62. The van der Waals surface area contributed by atoms with E-state index >= 15 is 0 Å². The molecule has 1 aromatic heterocycles. The van der Waals surface area contributed by atoms with Crippen LogP contribution in [0.2, 0.25) is 0 Å². The average molecular weight is 449 g/mol. The number of H-pyrrole nitrogens is 1. The van der Waals surface area contributed by atoms with Crippen LogP contribution in [0.3, 0.4) is 0 Å². The summed E-state index contributed by atoms with van der Waals surface area (Å²) in [7, 11) is 1.71. The van der Waals surface area contributed by atoms with Gasteiger partial charge in [0.1, 0.15) is 5.82 Å². The summed E-state index contributed by atoms with van der Waals surface area (Å²) in [5.74, 6) is 0.434. The summed E-state index contributed by atoms with van der Waals surface area (Å²) in [5.41, 5.74) is 3.02. The molecule has 0 fully saturated rings. The molecule has 0 bridgehead atoms. The van der Waals surface area contributed by atoms with E-state index < -0.39 is 0 Å². The van der Waals surface area contributed by atoms with Crippen LogP contribution >= 0.6 is 35.7 Å². The van der Waals surface area contributed by atoms with Gasteiger partial charge in [0.05, 0.1) is 6.20 Å². The Bertz CT molecular complexity index is 659. The van der Waals surface area contributed by atoms with Crippen molar-refractivity contribution in [3.05, 3.63) is 47.0 Å². The highest BCUT2D eigenvalue weighted by atomic mass is 127. The van der Waals surface area contributed by atoms with Crippen LogP contribution in [0.4, 0.5) is 4.39 Å². The first-order valence-electron chi connectivity index (χ1n) is 6.89. The molecule has 2 aromatic rings. The van der Waals surface area contributed by atoms with E-state index in [1.807, 2.05) is 13.2 Å². The van der Waals surface area contributed by atoms with Gasteiger partial charge in [-0.3, -0.25) is 10.1 Å². The zero-order chi connectivity index (χ0) is 15.9. The summed E-state index contributed by atoms with van der Waals surface area (Å²) in [6, 6.07) is 4.82. The van der Waals surface area contributed by atoms with Gasteiger partial charge in [0, 0.05) is 36.3 Å². The molecule has 0 unspecified atom stereocenters. The number of nitrogens with zero attached hydrogens (tertiary/aromatic N) is 2. The lowest BCUT2D eigenvalue weighted by Crippen LogP contribution is -2.36. The van der Waals surface area contributed by atoms with Crippen LogP contribution in [-0.4, -0.2) is 29.5 Å². The van der Waals surface area contributed by atoms with Crippen molar-refractivity contribution in [1.82, 2.24) is 20.8 Å². The van der Waals surface area contributed by atoms with Crippen molar-refractivity contribution in [1.29, 1.82) is 0 Å². The molecule has 0 aliphatic carbocycles. The molecule has 0 aliphatic rings. The van der Waals surface area contributed by atoms with E-state index in [1.54, 1.807) is 37.1 Å². The van der Waals surface area contributed by atoms with Gasteiger partial charge in [0.2, 0.25) is 0 Å². The van der Waals surface area contributed by atoms with E-state index in [9.17, 15) is 4.39 Å². The van der Waals surface area contributed by atoms with Crippen LogP contribution in [0.5, 0.6) is 0 Å². The Hall–Kier alpha value is -1.29. The van der Waals surface area contributed by atoms with Crippen LogP contribution in [0.25, 0.3) is 0 Å². The third-order valence-electron chi connectivity index (χ3n) is 3.29. The molecule has 126 valence electrons. The number of nitrogens with one attached hydrogen (secondary N) is 3. The van der Waals surface area contributed by atoms with Gasteiger partial charge in [-0.05, 0) is 36.9 Å². The lowest BCUT2D eigenvalue weighted by Gasteiger charge is -2.13. The van der Waals surface area contributed by atoms with Gasteiger partial charge in [-0.25, -0.2) is 4.39 Å². The van der Waals surface area contributed by atoms with Gasteiger partial charge >= 0.3 is 0 Å². The minimum Gasteiger partial charge on any atom is -0.352 e. The first kappa shape index (κ1) is 19.8. The summed E-state index contributed by atoms with van der Waals surface area (Å²) >= 11 is 1.60. The fraction of sp³-hybridized carbons (Fsp3) is 0.333. The summed E-state index contributed by atoms with van der Waals surface area (Å²) in [6.07, 6.45) is 3.76. The number of aromatic nitrogens is 2. The predicted molar refractivity (Wildman–Crippen MR) is 104 cm³/mol. The Morgan fingerprint density at radius 2 is 2.00 bits per heavy atom. The normalized spacial score (nSPS) is 11.0. The van der Waals surface area contributed by atoms with Gasteiger partial charge in [-0.2, -0.15) is 5.10 Å². The number of rotatable bonds is 5. The molecule has 0 spiro atoms. The predicted octanol–water partition coefficient (Wildman–Crippen LogP) is 3.06. The fourth-order valence-electron chi connectivity index (χ4n) is 2.02. The van der Waals surface area contributed by atoms with Crippen molar-refractivity contribution in [2.45, 2.75) is 24.9 Å². The molecule has 8 heteroatoms. The Labute approximate surface area is 157 Å². The SMILES string of the molecule is CN=C(NCc1cc(F)ccc1SC)NCc1cn[nH]c1C.I. The van der Waals surface area contributed by atoms with E-state index in [4.69, 9.17) is 0 Å². The van der Waals surface area contributed by atoms with Crippen LogP contribution in [-0.2, 0) is 13.1 Å². The van der Waals surface area contributed by atoms with Crippen molar-refractivity contribution in [2.24, 2.45) is 4.99 Å². The molecule has 0 saturated heterocycles. The van der Waals surface area contributed by atoms with E-state index in [2.05, 4.69) is 25.8 Å². The van der Waals surface area contributed by atoms with E-state index in [0.717, 1.165) is 21.7 Å². The third kappa shape index (κ3) is 5.69. The van der Waals surface area contributed by atoms with Crippen molar-refractivity contribution in [2.75, 3.05) is 13.3 Å². The summed E-state index contributed by atoms with van der Waals surface area (Å²) in [5, 5.41) is 13.3. The molecule has 3 N–H and O–H groups in total. The van der Waals surface area contributed by atoms with E-state index in [-0.39, 0.29) is 29.8 Å². The number of benzene rings is 1. The van der Waals surface area contributed by atoms with Crippen molar-refractivity contribution in [3.63, 3.8) is 0 Å². The number of aliphatic imine (C=N–C) groups is 1. The highest BCUT2D eigenvalue weighted by Gasteiger charge is 2.06. The van der Waals surface area contributed by atoms with Gasteiger partial charge < -0.3 is 10.6 Å². The van der Waals surface area contributed by atoms with Crippen LogP contribution < -0.4 is 10.6 Å². The number of halogens is 2. The second-order valence-corrected chi connectivity index (χ2v) is 5.60. The largest absolute Gasteiger partial charge is 0.352 e. The molecule has 2 rings (SSSR count). The molecule has 1 aromatic carbocycles. The molecule has 0 atom stereocenters. The van der Waals surface area contributed by atoms with Gasteiger partial charge in [-0.15, -0.1) is 35.7 Å². The Morgan fingerprint density at radius 3 is 2.57 bits per heavy atom. The van der Waals surface area contributed by atoms with Gasteiger partial charge in [0.25, 0.3) is 0 Å². The second kappa shape index (κ2) is 9.76. The topological polar surface area (TPSA) is 65.1 Å². The molecule has 1 heterocycles. The molecule has 0 saturated carbocycles. The highest BCUT2D eigenvalue weighted by molar-refractivity contribution is 14.0. The number of aromatic amines is 1. The summed E-state index contributed by atoms with van der Waals surface area (Å²) in [4.78, 5) is 5.22. The quantitative estimate of drug-likeness (QED) is 0.284. The number of hydrogen-bond acceptors (Lipinski definition) is 3. The second-order valence-electron chi connectivity index (χ2n) is 4.76. The van der Waals surface area contributed by atoms with E-state index in [1.165, 1.54) is 6.07 Å². The molecule has 23 heavy (non-hydrogen) atoms. The number of aryl methyl sites for hydroxylation is 1. The standard InChI is InChI=1S/C15H20FN5S.HI/c1-10-12(9-20-21-10)8-19-15(17-2)18-7-11-6-13(16)4-5-14(11)22-3;/h4-6,9H,7-8H2,1-3H3,(H,20,21)(H2,17,18,19);1H. The monoisotopic (exact) mass is 449 g/mol. The Kier molecular flexibility index (Phi) is 8.38. The zero-order valence-corrected chi connectivity index (χ0v) is 16.5. The lowest BCUT2D eigenvalue weighted by molar-refractivity contribution is 0.622. The van der Waals surface area contributed by atoms with Gasteiger partial charge in [-0.1, -0.05) is 0 Å². The molecule has 0 aliphatic heterocycles. The average Bonchev–Trinajstić information content (AvgIpc) is 2.93. The maximum Gasteiger partial charge on any atom is 0.191 e. The smallest absolute Gasteiger partial charge is 0.191 e. The zero-order valence-electron chi connectivity index (χ0n) is 13.3. The van der Waals surface area contributed by atoms with Crippen molar-refractivity contribution >= 4 is 41.7 Å². The molecular formula is C15H21FIN5S. The molecule has 0 radical (unpaired) electrons. The summed E-state index contributed by atoms with van der Waals surface area (Å²) in [6.45, 7) is 3.11. The van der Waals surface area contributed by atoms with E-state index in [0.29, 0.717) is 19.0 Å².